The van der Waals surface area contributed by atoms with Crippen molar-refractivity contribution < 1.29 is 18.7 Å². The molecule has 4 heteroatoms. The second-order valence-corrected chi connectivity index (χ2v) is 18.8. The summed E-state index contributed by atoms with van der Waals surface area (Å²) < 4.78 is -0.158. The molecule has 0 amide bonds. The molecule has 6 aromatic carbocycles. The van der Waals surface area contributed by atoms with Crippen LogP contribution in [-0.4, -0.2) is 9.28 Å². The Morgan fingerprint density at radius 1 is 0.525 bits per heavy atom. The van der Waals surface area contributed by atoms with Crippen LogP contribution in [0.5, 0.6) is 0 Å². The van der Waals surface area contributed by atoms with Crippen molar-refractivity contribution in [3.05, 3.63) is 237 Å². The molecule has 59 heavy (non-hydrogen) atoms. The van der Waals surface area contributed by atoms with Crippen LogP contribution in [-0.2, 0) is 18.7 Å². The van der Waals surface area contributed by atoms with Crippen LogP contribution in [0.4, 0.5) is 5.69 Å². The molecule has 0 radical (unpaired) electrons. The van der Waals surface area contributed by atoms with Crippen LogP contribution < -0.4 is 4.90 Å². The first-order valence-corrected chi connectivity index (χ1v) is 23.8. The van der Waals surface area contributed by atoms with Gasteiger partial charge >= 0.3 is 368 Å². The van der Waals surface area contributed by atoms with E-state index in [1.165, 1.54) is 72.6 Å². The van der Waals surface area contributed by atoms with Crippen molar-refractivity contribution in [3.8, 4) is 0 Å². The number of rotatable bonds is 12. The SMILES string of the molecule is Cc1cc(C(c2ccccc2)c2ccccc2)c(N2C=C3C=CC=C(c4c(C(C)C)cc(C(C)C)cc4C(C)C)N3[CH]2[Ag][Cl])c(C(c2ccccc2)c2ccccc2)c1. The van der Waals surface area contributed by atoms with Crippen LogP contribution in [0.2, 0.25) is 0 Å². The second-order valence-electron chi connectivity index (χ2n) is 16.9. The van der Waals surface area contributed by atoms with E-state index >= 15 is 0 Å². The molecule has 0 bridgehead atoms. The third-order valence-electron chi connectivity index (χ3n) is 11.9. The Labute approximate surface area is 366 Å². The Balaban J connectivity index is 1.41. The van der Waals surface area contributed by atoms with Gasteiger partial charge in [0.1, 0.15) is 0 Å². The van der Waals surface area contributed by atoms with Gasteiger partial charge < -0.3 is 0 Å². The number of halogens is 1. The number of aryl methyl sites for hydroxylation is 1. The van der Waals surface area contributed by atoms with Gasteiger partial charge in [-0.1, -0.05) is 0 Å². The Morgan fingerprint density at radius 2 is 0.949 bits per heavy atom. The van der Waals surface area contributed by atoms with Crippen LogP contribution in [0.1, 0.15) is 132 Å². The molecule has 2 heterocycles. The fourth-order valence-corrected chi connectivity index (χ4v) is 10.9. The van der Waals surface area contributed by atoms with Crippen LogP contribution in [0, 0.1) is 6.92 Å². The molecule has 6 aromatic rings. The van der Waals surface area contributed by atoms with Crippen LogP contribution in [0.3, 0.4) is 0 Å². The van der Waals surface area contributed by atoms with E-state index in [-0.39, 0.29) is 34.9 Å². The zero-order valence-corrected chi connectivity index (χ0v) is 37.4. The first-order valence-electron chi connectivity index (χ1n) is 21.0. The monoisotopic (exact) mass is 885 g/mol. The Kier molecular flexibility index (Phi) is 12.3. The fraction of sp³-hybridized carbons (Fsp3) is 0.236. The molecule has 1 atom stereocenters. The maximum absolute atomic E-state index is 7.42. The van der Waals surface area contributed by atoms with E-state index in [1.54, 1.807) is 0 Å². The van der Waals surface area contributed by atoms with Crippen molar-refractivity contribution in [3.63, 3.8) is 0 Å². The molecule has 0 saturated carbocycles. The first kappa shape index (κ1) is 40.9. The number of fused-ring (bicyclic) bond motifs is 1. The third kappa shape index (κ3) is 8.09. The molecule has 2 nitrogen and oxygen atoms in total. The molecular weight excluding hydrogens is 832 g/mol. The summed E-state index contributed by atoms with van der Waals surface area (Å²) >= 11 is 0.0487. The van der Waals surface area contributed by atoms with Crippen molar-refractivity contribution >= 4 is 20.6 Å². The number of benzene rings is 6. The zero-order chi connectivity index (χ0) is 41.2. The Bertz CT molecular complexity index is 2270. The fourth-order valence-electron chi connectivity index (χ4n) is 9.12. The van der Waals surface area contributed by atoms with Gasteiger partial charge in [0, 0.05) is 0 Å². The summed E-state index contributed by atoms with van der Waals surface area (Å²) in [5.74, 6) is 1.09. The predicted molar refractivity (Wildman–Crippen MR) is 247 cm³/mol. The quantitative estimate of drug-likeness (QED) is 0.0892. The molecular formula is C55H55AgClN2. The minimum atomic E-state index is -0.158. The van der Waals surface area contributed by atoms with E-state index in [4.69, 9.17) is 9.19 Å². The molecule has 0 N–H and O–H groups in total. The molecule has 0 aromatic heterocycles. The molecule has 1 unspecified atom stereocenters. The number of nitrogens with zero attached hydrogens (tertiary/aromatic N) is 2. The van der Waals surface area contributed by atoms with Gasteiger partial charge in [0.2, 0.25) is 0 Å². The Morgan fingerprint density at radius 3 is 1.32 bits per heavy atom. The normalized spacial score (nSPS) is 15.2. The van der Waals surface area contributed by atoms with Crippen molar-refractivity contribution in [2.24, 2.45) is 0 Å². The molecule has 2 aliphatic rings. The van der Waals surface area contributed by atoms with Gasteiger partial charge in [-0.25, -0.2) is 0 Å². The Hall–Kier alpha value is -4.83. The van der Waals surface area contributed by atoms with Gasteiger partial charge in [0.15, 0.2) is 0 Å². The van der Waals surface area contributed by atoms with Crippen LogP contribution in [0.25, 0.3) is 5.70 Å². The maximum atomic E-state index is 7.42. The summed E-state index contributed by atoms with van der Waals surface area (Å²) in [6.45, 7) is 16.2. The summed E-state index contributed by atoms with van der Waals surface area (Å²) in [5, 5.41) is 0. The summed E-state index contributed by atoms with van der Waals surface area (Å²) in [6, 6.07) is 53.9. The summed E-state index contributed by atoms with van der Waals surface area (Å²) in [4.78, 5) is 5.09. The standard InChI is InChI=1S/C55H55N2.Ag.ClH/c1-37(2)45-33-47(38(3)4)54(48(34-45)39(5)6)51-30-20-29-46-35-56(36-57(46)51)55-49(52(41-21-12-8-13-22-41)42-23-14-9-15-24-42)31-40(7)32-50(55)53(43-25-16-10-17-26-43)44-27-18-11-19-28-44;;/h8-39,52-53H,1-7H3;;1H/q;+1;/p-1. The number of hydrogen-bond donors (Lipinski definition) is 0. The topological polar surface area (TPSA) is 6.48 Å². The summed E-state index contributed by atoms with van der Waals surface area (Å²) in [7, 11) is 7.42. The van der Waals surface area contributed by atoms with E-state index in [2.05, 4.69) is 228 Å². The van der Waals surface area contributed by atoms with Crippen LogP contribution in [0.15, 0.2) is 176 Å². The zero-order valence-electron chi connectivity index (χ0n) is 35.2. The van der Waals surface area contributed by atoms with Gasteiger partial charge in [0.05, 0.1) is 0 Å². The molecule has 8 rings (SSSR count). The molecule has 0 aliphatic carbocycles. The second kappa shape index (κ2) is 17.8. The van der Waals surface area contributed by atoms with E-state index in [1.807, 2.05) is 0 Å². The number of hydrogen-bond acceptors (Lipinski definition) is 2. The van der Waals surface area contributed by atoms with Gasteiger partial charge in [0.25, 0.3) is 0 Å². The van der Waals surface area contributed by atoms with E-state index < -0.39 is 0 Å². The van der Waals surface area contributed by atoms with Gasteiger partial charge in [-0.3, -0.25) is 0 Å². The molecule has 0 fully saturated rings. The molecule has 303 valence electrons. The molecule has 0 saturated heterocycles. The van der Waals surface area contributed by atoms with Gasteiger partial charge in [-0.05, 0) is 0 Å². The third-order valence-corrected chi connectivity index (χ3v) is 13.7. The van der Waals surface area contributed by atoms with E-state index in [0.29, 0.717) is 17.8 Å². The summed E-state index contributed by atoms with van der Waals surface area (Å²) in [6.07, 6.45) is 9.23. The van der Waals surface area contributed by atoms with E-state index in [0.717, 1.165) is 5.70 Å². The van der Waals surface area contributed by atoms with Gasteiger partial charge in [-0.15, -0.1) is 0 Å². The van der Waals surface area contributed by atoms with E-state index in [9.17, 15) is 0 Å². The first-order chi connectivity index (χ1) is 28.7. The number of anilines is 1. The average Bonchev–Trinajstić information content (AvgIpc) is 3.63. The van der Waals surface area contributed by atoms with Crippen molar-refractivity contribution in [2.45, 2.75) is 82.4 Å². The van der Waals surface area contributed by atoms with Crippen molar-refractivity contribution in [1.82, 2.24) is 4.90 Å². The predicted octanol–water partition coefficient (Wildman–Crippen LogP) is 14.8. The number of allylic oxidation sites excluding steroid dienone is 3. The van der Waals surface area contributed by atoms with Crippen LogP contribution >= 0.6 is 9.19 Å². The average molecular weight is 887 g/mol. The molecule has 2 aliphatic heterocycles. The minimum absolute atomic E-state index is 0.0249. The molecule has 0 spiro atoms. The summed E-state index contributed by atoms with van der Waals surface area (Å²) in [5.41, 5.74) is 17.9. The van der Waals surface area contributed by atoms with Gasteiger partial charge in [-0.2, -0.15) is 0 Å². The van der Waals surface area contributed by atoms with Crippen molar-refractivity contribution in [1.29, 1.82) is 0 Å². The van der Waals surface area contributed by atoms with Crippen molar-refractivity contribution in [2.75, 3.05) is 4.90 Å².